The fraction of sp³-hybridized carbons (Fsp3) is 0.458. The molecule has 0 N–H and O–H groups in total. The van der Waals surface area contributed by atoms with Gasteiger partial charge in [-0.05, 0) is 42.9 Å². The first-order chi connectivity index (χ1) is 15.7. The minimum atomic E-state index is -0.0185. The third-order valence-corrected chi connectivity index (χ3v) is 8.51. The standard InChI is InChI=1S/C24H27N3O3S2/c1-2-16-8-9-18-19(14-16)32-22-21(18)23(29)27(17-6-4-3-5-7-17)24(25-22)31-15-20(28)26-10-12-30-13-11-26/h3-7,16H,2,8-15H2,1H3. The number of hydrogen-bond donors (Lipinski definition) is 0. The van der Waals surface area contributed by atoms with E-state index in [9.17, 15) is 9.59 Å². The first-order valence-electron chi connectivity index (χ1n) is 11.3. The zero-order chi connectivity index (χ0) is 22.1. The highest BCUT2D eigenvalue weighted by Crippen LogP contribution is 2.37. The number of rotatable bonds is 5. The second kappa shape index (κ2) is 9.37. The van der Waals surface area contributed by atoms with E-state index in [1.165, 1.54) is 28.6 Å². The molecule has 0 radical (unpaired) electrons. The zero-order valence-corrected chi connectivity index (χ0v) is 19.8. The van der Waals surface area contributed by atoms with E-state index < -0.39 is 0 Å². The molecule has 2 aliphatic rings. The van der Waals surface area contributed by atoms with Crippen LogP contribution in [0.1, 0.15) is 30.2 Å². The molecule has 1 aliphatic heterocycles. The van der Waals surface area contributed by atoms with Crippen molar-refractivity contribution in [3.63, 3.8) is 0 Å². The molecule has 8 heteroatoms. The number of amides is 1. The SMILES string of the molecule is CCC1CCc2c(sc3nc(SCC(=O)N4CCOCC4)n(-c4ccccc4)c(=O)c23)C1. The number of ether oxygens (including phenoxy) is 1. The first kappa shape index (κ1) is 21.7. The number of nitrogens with zero attached hydrogens (tertiary/aromatic N) is 3. The Kier molecular flexibility index (Phi) is 6.35. The number of carbonyl (C=O) groups is 1. The van der Waals surface area contributed by atoms with Crippen molar-refractivity contribution in [1.29, 1.82) is 0 Å². The average Bonchev–Trinajstić information content (AvgIpc) is 3.21. The lowest BCUT2D eigenvalue weighted by Gasteiger charge is -2.26. The first-order valence-corrected chi connectivity index (χ1v) is 13.1. The van der Waals surface area contributed by atoms with Crippen LogP contribution in [-0.4, -0.2) is 52.4 Å². The molecule has 32 heavy (non-hydrogen) atoms. The number of thioether (sulfide) groups is 1. The van der Waals surface area contributed by atoms with E-state index in [0.717, 1.165) is 35.2 Å². The third-order valence-electron chi connectivity index (χ3n) is 6.43. The Balaban J connectivity index is 1.55. The van der Waals surface area contributed by atoms with E-state index in [-0.39, 0.29) is 17.2 Å². The van der Waals surface area contributed by atoms with Crippen molar-refractivity contribution in [3.8, 4) is 5.69 Å². The van der Waals surface area contributed by atoms with Crippen LogP contribution in [0.15, 0.2) is 40.3 Å². The lowest BCUT2D eigenvalue weighted by molar-refractivity contribution is -0.132. The van der Waals surface area contributed by atoms with Crippen LogP contribution in [0.2, 0.25) is 0 Å². The highest BCUT2D eigenvalue weighted by Gasteiger charge is 2.26. The van der Waals surface area contributed by atoms with Gasteiger partial charge in [-0.25, -0.2) is 4.98 Å². The monoisotopic (exact) mass is 469 g/mol. The molecule has 1 saturated heterocycles. The van der Waals surface area contributed by atoms with Gasteiger partial charge in [0.25, 0.3) is 5.56 Å². The number of morpholine rings is 1. The summed E-state index contributed by atoms with van der Waals surface area (Å²) < 4.78 is 7.04. The van der Waals surface area contributed by atoms with Gasteiger partial charge in [0.2, 0.25) is 5.91 Å². The number of carbonyl (C=O) groups excluding carboxylic acids is 1. The molecule has 168 valence electrons. The van der Waals surface area contributed by atoms with E-state index >= 15 is 0 Å². The molecule has 6 nitrogen and oxygen atoms in total. The van der Waals surface area contributed by atoms with Gasteiger partial charge >= 0.3 is 0 Å². The maximum absolute atomic E-state index is 13.8. The van der Waals surface area contributed by atoms with Gasteiger partial charge in [-0.2, -0.15) is 0 Å². The minimum absolute atomic E-state index is 0.0185. The summed E-state index contributed by atoms with van der Waals surface area (Å²) >= 11 is 3.01. The summed E-state index contributed by atoms with van der Waals surface area (Å²) in [5.74, 6) is 1.00. The predicted octanol–water partition coefficient (Wildman–Crippen LogP) is 3.91. The third kappa shape index (κ3) is 4.11. The van der Waals surface area contributed by atoms with Crippen LogP contribution in [0.25, 0.3) is 15.9 Å². The maximum atomic E-state index is 13.8. The van der Waals surface area contributed by atoms with Gasteiger partial charge < -0.3 is 9.64 Å². The molecule has 3 heterocycles. The molecule has 1 unspecified atom stereocenters. The molecule has 1 fully saturated rings. The summed E-state index contributed by atoms with van der Waals surface area (Å²) in [6, 6.07) is 9.64. The lowest BCUT2D eigenvalue weighted by Crippen LogP contribution is -2.41. The lowest BCUT2D eigenvalue weighted by atomic mass is 9.86. The van der Waals surface area contributed by atoms with E-state index in [2.05, 4.69) is 6.92 Å². The average molecular weight is 470 g/mol. The second-order valence-corrected chi connectivity index (χ2v) is 10.4. The van der Waals surface area contributed by atoms with E-state index in [4.69, 9.17) is 9.72 Å². The molecular formula is C24H27N3O3S2. The van der Waals surface area contributed by atoms with Gasteiger partial charge in [0.15, 0.2) is 5.16 Å². The number of aromatic nitrogens is 2. The van der Waals surface area contributed by atoms with Gasteiger partial charge in [0, 0.05) is 18.0 Å². The van der Waals surface area contributed by atoms with Crippen LogP contribution >= 0.6 is 23.1 Å². The molecule has 3 aromatic rings. The van der Waals surface area contributed by atoms with Crippen LogP contribution < -0.4 is 5.56 Å². The molecule has 0 bridgehead atoms. The topological polar surface area (TPSA) is 64.4 Å². The Morgan fingerprint density at radius 3 is 2.78 bits per heavy atom. The fourth-order valence-corrected chi connectivity index (χ4v) is 6.85. The molecular weight excluding hydrogens is 442 g/mol. The minimum Gasteiger partial charge on any atom is -0.378 e. The number of fused-ring (bicyclic) bond motifs is 3. The predicted molar refractivity (Wildman–Crippen MR) is 129 cm³/mol. The number of aryl methyl sites for hydroxylation is 1. The zero-order valence-electron chi connectivity index (χ0n) is 18.2. The van der Waals surface area contributed by atoms with Crippen LogP contribution in [0.5, 0.6) is 0 Å². The van der Waals surface area contributed by atoms with E-state index in [0.29, 0.717) is 37.4 Å². The smallest absolute Gasteiger partial charge is 0.267 e. The van der Waals surface area contributed by atoms with Gasteiger partial charge in [-0.15, -0.1) is 11.3 Å². The molecule has 1 aromatic carbocycles. The Morgan fingerprint density at radius 1 is 1.25 bits per heavy atom. The van der Waals surface area contributed by atoms with Gasteiger partial charge in [-0.3, -0.25) is 14.2 Å². The largest absolute Gasteiger partial charge is 0.378 e. The summed E-state index contributed by atoms with van der Waals surface area (Å²) in [5.41, 5.74) is 1.96. The maximum Gasteiger partial charge on any atom is 0.267 e. The van der Waals surface area contributed by atoms with Crippen LogP contribution in [0, 0.1) is 5.92 Å². The molecule has 0 saturated carbocycles. The molecule has 5 rings (SSSR count). The Morgan fingerprint density at radius 2 is 2.03 bits per heavy atom. The van der Waals surface area contributed by atoms with E-state index in [1.807, 2.05) is 35.2 Å². The number of hydrogen-bond acceptors (Lipinski definition) is 6. The van der Waals surface area contributed by atoms with Crippen LogP contribution in [0.3, 0.4) is 0 Å². The van der Waals surface area contributed by atoms with Crippen molar-refractivity contribution in [2.75, 3.05) is 32.1 Å². The van der Waals surface area contributed by atoms with Gasteiger partial charge in [-0.1, -0.05) is 43.3 Å². The second-order valence-electron chi connectivity index (χ2n) is 8.35. The number of thiophene rings is 1. The van der Waals surface area contributed by atoms with Gasteiger partial charge in [0.1, 0.15) is 4.83 Å². The summed E-state index contributed by atoms with van der Waals surface area (Å²) in [6.07, 6.45) is 4.28. The van der Waals surface area contributed by atoms with Gasteiger partial charge in [0.05, 0.1) is 30.0 Å². The van der Waals surface area contributed by atoms with Crippen molar-refractivity contribution in [3.05, 3.63) is 51.1 Å². The normalized spacial score (nSPS) is 18.7. The molecule has 2 aromatic heterocycles. The van der Waals surface area contributed by atoms with Crippen LogP contribution in [0.4, 0.5) is 0 Å². The highest BCUT2D eigenvalue weighted by molar-refractivity contribution is 7.99. The van der Waals surface area contributed by atoms with Crippen molar-refractivity contribution in [2.45, 2.75) is 37.8 Å². The van der Waals surface area contributed by atoms with Crippen molar-refractivity contribution >= 4 is 39.2 Å². The molecule has 0 spiro atoms. The number of benzene rings is 1. The van der Waals surface area contributed by atoms with Crippen LogP contribution in [-0.2, 0) is 22.4 Å². The Labute approximate surface area is 195 Å². The molecule has 1 atom stereocenters. The summed E-state index contributed by atoms with van der Waals surface area (Å²) in [6.45, 7) is 4.63. The number of para-hydroxylation sites is 1. The molecule has 1 aliphatic carbocycles. The summed E-state index contributed by atoms with van der Waals surface area (Å²) in [7, 11) is 0. The van der Waals surface area contributed by atoms with E-state index in [1.54, 1.807) is 15.9 Å². The summed E-state index contributed by atoms with van der Waals surface area (Å²) in [4.78, 5) is 35.4. The Hall–Kier alpha value is -2.16. The molecule has 1 amide bonds. The quantitative estimate of drug-likeness (QED) is 0.419. The Bertz CT molecular complexity index is 1180. The van der Waals surface area contributed by atoms with Crippen molar-refractivity contribution in [1.82, 2.24) is 14.5 Å². The van der Waals surface area contributed by atoms with Crippen molar-refractivity contribution in [2.24, 2.45) is 5.92 Å². The highest BCUT2D eigenvalue weighted by atomic mass is 32.2. The fourth-order valence-electron chi connectivity index (χ4n) is 4.56. The summed E-state index contributed by atoms with van der Waals surface area (Å²) in [5, 5.41) is 1.35. The van der Waals surface area contributed by atoms with Crippen molar-refractivity contribution < 1.29 is 9.53 Å².